The number of hydrogen-bond acceptors (Lipinski definition) is 3. The molecule has 0 spiro atoms. The first kappa shape index (κ1) is 14.7. The molecule has 122 valence electrons. The van der Waals surface area contributed by atoms with Crippen molar-refractivity contribution in [3.8, 4) is 5.69 Å². The van der Waals surface area contributed by atoms with Crippen molar-refractivity contribution in [2.45, 2.75) is 32.2 Å². The summed E-state index contributed by atoms with van der Waals surface area (Å²) in [7, 11) is 0. The molecule has 1 aliphatic heterocycles. The van der Waals surface area contributed by atoms with Gasteiger partial charge in [-0.15, -0.1) is 0 Å². The Labute approximate surface area is 140 Å². The predicted molar refractivity (Wildman–Crippen MR) is 91.2 cm³/mol. The summed E-state index contributed by atoms with van der Waals surface area (Å²) in [4.78, 5) is 12.2. The summed E-state index contributed by atoms with van der Waals surface area (Å²) in [6, 6.07) is 10.1. The van der Waals surface area contributed by atoms with Crippen LogP contribution in [0.5, 0.6) is 0 Å². The molecule has 0 aliphatic carbocycles. The van der Waals surface area contributed by atoms with E-state index < -0.39 is 0 Å². The zero-order chi connectivity index (χ0) is 16.5. The molecule has 1 amide bonds. The van der Waals surface area contributed by atoms with Gasteiger partial charge < -0.3 is 5.32 Å². The molecule has 1 atom stereocenters. The van der Waals surface area contributed by atoms with E-state index in [0.717, 1.165) is 35.6 Å². The molecule has 6 heteroatoms. The number of nitrogens with one attached hydrogen (secondary N) is 1. The fraction of sp³-hybridized carbons (Fsp3) is 0.278. The minimum absolute atomic E-state index is 0.0230. The van der Waals surface area contributed by atoms with Crippen LogP contribution in [0, 0.1) is 0 Å². The summed E-state index contributed by atoms with van der Waals surface area (Å²) in [5.74, 6) is 0.896. The molecule has 0 saturated heterocycles. The van der Waals surface area contributed by atoms with Crippen LogP contribution < -0.4 is 5.32 Å². The van der Waals surface area contributed by atoms with Crippen LogP contribution in [-0.4, -0.2) is 25.5 Å². The average Bonchev–Trinajstić information content (AvgIpc) is 3.25. The van der Waals surface area contributed by atoms with Crippen LogP contribution in [0.1, 0.15) is 36.8 Å². The van der Waals surface area contributed by atoms with Gasteiger partial charge in [0.05, 0.1) is 11.9 Å². The fourth-order valence-electron chi connectivity index (χ4n) is 3.25. The van der Waals surface area contributed by atoms with Gasteiger partial charge in [-0.2, -0.15) is 10.2 Å². The second-order valence-corrected chi connectivity index (χ2v) is 6.02. The Morgan fingerprint density at radius 3 is 3.00 bits per heavy atom. The molecule has 1 N–H and O–H groups in total. The Morgan fingerprint density at radius 1 is 1.29 bits per heavy atom. The zero-order valence-electron chi connectivity index (χ0n) is 13.5. The van der Waals surface area contributed by atoms with E-state index in [2.05, 4.69) is 34.6 Å². The molecular formula is C18H19N5O. The Bertz CT molecular complexity index is 865. The first-order chi connectivity index (χ1) is 11.8. The number of carbonyl (C=O) groups is 1. The van der Waals surface area contributed by atoms with Gasteiger partial charge in [-0.3, -0.25) is 4.79 Å². The first-order valence-electron chi connectivity index (χ1n) is 8.22. The molecule has 0 bridgehead atoms. The van der Waals surface area contributed by atoms with Gasteiger partial charge in [0.15, 0.2) is 0 Å². The van der Waals surface area contributed by atoms with Gasteiger partial charge in [-0.25, -0.2) is 9.36 Å². The highest BCUT2D eigenvalue weighted by molar-refractivity contribution is 5.94. The minimum atomic E-state index is 0.0230. The molecule has 24 heavy (non-hydrogen) atoms. The van der Waals surface area contributed by atoms with E-state index in [-0.39, 0.29) is 11.8 Å². The van der Waals surface area contributed by atoms with Gasteiger partial charge in [0.2, 0.25) is 5.91 Å². The third kappa shape index (κ3) is 2.50. The fourth-order valence-corrected chi connectivity index (χ4v) is 3.25. The highest BCUT2D eigenvalue weighted by atomic mass is 16.1. The zero-order valence-corrected chi connectivity index (χ0v) is 13.5. The van der Waals surface area contributed by atoms with Crippen molar-refractivity contribution in [2.75, 3.05) is 5.32 Å². The number of aromatic nitrogens is 4. The van der Waals surface area contributed by atoms with Gasteiger partial charge in [0.1, 0.15) is 5.82 Å². The first-order valence-corrected chi connectivity index (χ1v) is 8.22. The quantitative estimate of drug-likeness (QED) is 0.803. The highest BCUT2D eigenvalue weighted by Crippen LogP contribution is 2.37. The van der Waals surface area contributed by atoms with Crippen molar-refractivity contribution in [2.24, 2.45) is 0 Å². The molecule has 0 unspecified atom stereocenters. The number of amides is 1. The van der Waals surface area contributed by atoms with E-state index in [1.54, 1.807) is 6.20 Å². The normalized spacial score (nSPS) is 16.7. The second kappa shape index (κ2) is 5.96. The lowest BCUT2D eigenvalue weighted by atomic mass is 9.87. The third-order valence-corrected chi connectivity index (χ3v) is 4.37. The predicted octanol–water partition coefficient (Wildman–Crippen LogP) is 2.95. The highest BCUT2D eigenvalue weighted by Gasteiger charge is 2.29. The number of anilines is 1. The number of carbonyl (C=O) groups excluding carboxylic acids is 1. The van der Waals surface area contributed by atoms with E-state index in [4.69, 9.17) is 0 Å². The number of rotatable bonds is 4. The van der Waals surface area contributed by atoms with Crippen molar-refractivity contribution in [1.29, 1.82) is 0 Å². The maximum Gasteiger partial charge on any atom is 0.226 e. The molecule has 0 radical (unpaired) electrons. The van der Waals surface area contributed by atoms with E-state index in [0.29, 0.717) is 6.42 Å². The van der Waals surface area contributed by atoms with E-state index in [9.17, 15) is 4.79 Å². The summed E-state index contributed by atoms with van der Waals surface area (Å²) in [5.41, 5.74) is 3.18. The summed E-state index contributed by atoms with van der Waals surface area (Å²) in [6.45, 7) is 2.90. The van der Waals surface area contributed by atoms with Crippen LogP contribution >= 0.6 is 0 Å². The lowest BCUT2D eigenvalue weighted by Crippen LogP contribution is -2.25. The summed E-state index contributed by atoms with van der Waals surface area (Å²) in [5, 5.41) is 11.7. The molecular weight excluding hydrogens is 302 g/mol. The number of fused-ring (bicyclic) bond motifs is 1. The molecule has 3 heterocycles. The standard InChI is InChI=1S/C18H19N5O/c1-2-8-23-18-16(12-20-23)15(11-17(24)21-18)13-5-3-6-14(10-13)22-9-4-7-19-22/h3-7,9-10,12,15H,2,8,11H2,1H3,(H,21,24)/t15-/m0/s1. The van der Waals surface area contributed by atoms with Crippen LogP contribution in [0.3, 0.4) is 0 Å². The number of aryl methyl sites for hydroxylation is 1. The second-order valence-electron chi connectivity index (χ2n) is 6.02. The van der Waals surface area contributed by atoms with E-state index >= 15 is 0 Å². The van der Waals surface area contributed by atoms with Crippen molar-refractivity contribution >= 4 is 11.7 Å². The van der Waals surface area contributed by atoms with Gasteiger partial charge in [0, 0.05) is 36.8 Å². The van der Waals surface area contributed by atoms with Gasteiger partial charge in [-0.05, 0) is 30.2 Å². The van der Waals surface area contributed by atoms with Gasteiger partial charge in [0.25, 0.3) is 0 Å². The Kier molecular flexibility index (Phi) is 3.65. The molecule has 0 saturated carbocycles. The van der Waals surface area contributed by atoms with Crippen molar-refractivity contribution in [3.63, 3.8) is 0 Å². The Morgan fingerprint density at radius 2 is 2.21 bits per heavy atom. The van der Waals surface area contributed by atoms with Gasteiger partial charge in [-0.1, -0.05) is 19.1 Å². The van der Waals surface area contributed by atoms with Crippen LogP contribution in [-0.2, 0) is 11.3 Å². The largest absolute Gasteiger partial charge is 0.311 e. The van der Waals surface area contributed by atoms with Gasteiger partial charge >= 0.3 is 0 Å². The van der Waals surface area contributed by atoms with Crippen molar-refractivity contribution in [1.82, 2.24) is 19.6 Å². The van der Waals surface area contributed by atoms with E-state index in [1.807, 2.05) is 40.0 Å². The van der Waals surface area contributed by atoms with Crippen molar-refractivity contribution < 1.29 is 4.79 Å². The molecule has 2 aromatic heterocycles. The van der Waals surface area contributed by atoms with Crippen LogP contribution in [0.4, 0.5) is 5.82 Å². The summed E-state index contributed by atoms with van der Waals surface area (Å²) in [6.07, 6.45) is 6.97. The van der Waals surface area contributed by atoms with Crippen LogP contribution in [0.2, 0.25) is 0 Å². The molecule has 3 aromatic rings. The lowest BCUT2D eigenvalue weighted by Gasteiger charge is -2.24. The summed E-state index contributed by atoms with van der Waals surface area (Å²) >= 11 is 0. The molecule has 6 nitrogen and oxygen atoms in total. The van der Waals surface area contributed by atoms with Crippen LogP contribution in [0.15, 0.2) is 48.9 Å². The van der Waals surface area contributed by atoms with Crippen molar-refractivity contribution in [3.05, 3.63) is 60.0 Å². The molecule has 1 aromatic carbocycles. The number of nitrogens with zero attached hydrogens (tertiary/aromatic N) is 4. The molecule has 1 aliphatic rings. The Balaban J connectivity index is 1.75. The summed E-state index contributed by atoms with van der Waals surface area (Å²) < 4.78 is 3.71. The lowest BCUT2D eigenvalue weighted by molar-refractivity contribution is -0.116. The minimum Gasteiger partial charge on any atom is -0.311 e. The maximum atomic E-state index is 12.2. The molecule has 4 rings (SSSR count). The average molecular weight is 321 g/mol. The topological polar surface area (TPSA) is 64.7 Å². The smallest absolute Gasteiger partial charge is 0.226 e. The molecule has 0 fully saturated rings. The maximum absolute atomic E-state index is 12.2. The van der Waals surface area contributed by atoms with Crippen LogP contribution in [0.25, 0.3) is 5.69 Å². The Hall–Kier alpha value is -2.89. The number of benzene rings is 1. The monoisotopic (exact) mass is 321 g/mol. The van der Waals surface area contributed by atoms with E-state index in [1.165, 1.54) is 0 Å². The number of hydrogen-bond donors (Lipinski definition) is 1. The SMILES string of the molecule is CCCn1ncc2c1NC(=O)C[C@H]2c1cccc(-n2cccn2)c1. The third-order valence-electron chi connectivity index (χ3n) is 4.37.